The van der Waals surface area contributed by atoms with Crippen molar-refractivity contribution >= 4 is 40.9 Å². The van der Waals surface area contributed by atoms with Crippen molar-refractivity contribution in [3.63, 3.8) is 0 Å². The molecule has 0 atom stereocenters. The second-order valence-electron chi connectivity index (χ2n) is 5.94. The maximum absolute atomic E-state index is 12.1. The van der Waals surface area contributed by atoms with E-state index in [0.29, 0.717) is 39.6 Å². The lowest BCUT2D eigenvalue weighted by atomic mass is 10.2. The normalized spacial score (nSPS) is 10.5. The highest BCUT2D eigenvalue weighted by atomic mass is 35.5. The highest BCUT2D eigenvalue weighted by Crippen LogP contribution is 2.18. The van der Waals surface area contributed by atoms with Crippen LogP contribution in [0.3, 0.4) is 0 Å². The lowest BCUT2D eigenvalue weighted by molar-refractivity contribution is -0.113. The van der Waals surface area contributed by atoms with Crippen LogP contribution in [0.15, 0.2) is 53.7 Å². The van der Waals surface area contributed by atoms with E-state index in [-0.39, 0.29) is 18.3 Å². The van der Waals surface area contributed by atoms with Crippen molar-refractivity contribution < 1.29 is 19.1 Å². The zero-order valence-electron chi connectivity index (χ0n) is 16.1. The smallest absolute Gasteiger partial charge is 0.338 e. The van der Waals surface area contributed by atoms with Crippen LogP contribution >= 0.6 is 23.4 Å². The molecule has 0 aliphatic rings. The van der Waals surface area contributed by atoms with Crippen molar-refractivity contribution in [3.8, 4) is 5.75 Å². The number of rotatable bonds is 9. The molecule has 30 heavy (non-hydrogen) atoms. The van der Waals surface area contributed by atoms with Gasteiger partial charge in [-0.3, -0.25) is 9.89 Å². The molecule has 10 heteroatoms. The van der Waals surface area contributed by atoms with Crippen LogP contribution in [-0.4, -0.2) is 39.4 Å². The molecular weight excluding hydrogens is 428 g/mol. The van der Waals surface area contributed by atoms with Gasteiger partial charge in [0.1, 0.15) is 12.4 Å². The number of ether oxygens (including phenoxy) is 2. The number of carbonyl (C=O) groups is 2. The molecule has 0 unspecified atom stereocenters. The summed E-state index contributed by atoms with van der Waals surface area (Å²) in [6, 6.07) is 13.5. The molecule has 0 spiro atoms. The van der Waals surface area contributed by atoms with Crippen molar-refractivity contribution in [1.82, 2.24) is 15.2 Å². The minimum absolute atomic E-state index is 0.134. The number of thioether (sulfide) groups is 1. The van der Waals surface area contributed by atoms with Gasteiger partial charge in [0.05, 0.1) is 17.9 Å². The van der Waals surface area contributed by atoms with Gasteiger partial charge < -0.3 is 14.8 Å². The monoisotopic (exact) mass is 446 g/mol. The molecule has 8 nitrogen and oxygen atoms in total. The first-order valence-electron chi connectivity index (χ1n) is 9.03. The van der Waals surface area contributed by atoms with E-state index in [0.717, 1.165) is 0 Å². The number of carbonyl (C=O) groups excluding carboxylic acids is 2. The molecule has 1 aromatic heterocycles. The van der Waals surface area contributed by atoms with Crippen molar-refractivity contribution in [2.45, 2.75) is 18.7 Å². The summed E-state index contributed by atoms with van der Waals surface area (Å²) in [7, 11) is 0. The fourth-order valence-corrected chi connectivity index (χ4v) is 3.06. The SMILES string of the molecule is CCOC(=O)c1ccc(NC(=O)CSc2n[nH]c(COc3ccc(Cl)cc3)n2)cc1. The predicted octanol–water partition coefficient (Wildman–Crippen LogP) is 3.94. The Bertz CT molecular complexity index is 993. The van der Waals surface area contributed by atoms with Crippen LogP contribution in [0, 0.1) is 0 Å². The largest absolute Gasteiger partial charge is 0.486 e. The summed E-state index contributed by atoms with van der Waals surface area (Å²) in [5, 5.41) is 10.7. The minimum Gasteiger partial charge on any atom is -0.486 e. The molecular formula is C20H19ClN4O4S. The van der Waals surface area contributed by atoms with Crippen LogP contribution in [0.4, 0.5) is 5.69 Å². The van der Waals surface area contributed by atoms with Gasteiger partial charge in [0.2, 0.25) is 11.1 Å². The van der Waals surface area contributed by atoms with Gasteiger partial charge in [-0.2, -0.15) is 0 Å². The minimum atomic E-state index is -0.397. The van der Waals surface area contributed by atoms with Gasteiger partial charge >= 0.3 is 5.97 Å². The van der Waals surface area contributed by atoms with E-state index in [1.807, 2.05) is 0 Å². The molecule has 3 aromatic rings. The van der Waals surface area contributed by atoms with E-state index in [1.165, 1.54) is 11.8 Å². The van der Waals surface area contributed by atoms with Crippen molar-refractivity contribution in [2.75, 3.05) is 17.7 Å². The van der Waals surface area contributed by atoms with Crippen LogP contribution in [0.1, 0.15) is 23.1 Å². The fourth-order valence-electron chi connectivity index (χ4n) is 2.32. The van der Waals surface area contributed by atoms with Gasteiger partial charge in [0.25, 0.3) is 0 Å². The number of H-pyrrole nitrogens is 1. The van der Waals surface area contributed by atoms with Gasteiger partial charge in [-0.25, -0.2) is 9.78 Å². The Balaban J connectivity index is 1.43. The lowest BCUT2D eigenvalue weighted by Gasteiger charge is -2.06. The second-order valence-corrected chi connectivity index (χ2v) is 7.32. The number of nitrogens with zero attached hydrogens (tertiary/aromatic N) is 2. The van der Waals surface area contributed by atoms with E-state index in [2.05, 4.69) is 20.5 Å². The predicted molar refractivity (Wildman–Crippen MR) is 114 cm³/mol. The van der Waals surface area contributed by atoms with Gasteiger partial charge in [0.15, 0.2) is 5.82 Å². The van der Waals surface area contributed by atoms with E-state index in [9.17, 15) is 9.59 Å². The van der Waals surface area contributed by atoms with E-state index in [1.54, 1.807) is 55.5 Å². The van der Waals surface area contributed by atoms with Gasteiger partial charge in [0, 0.05) is 10.7 Å². The molecule has 0 saturated heterocycles. The molecule has 1 heterocycles. The first kappa shape index (κ1) is 21.7. The molecule has 0 aliphatic heterocycles. The van der Waals surface area contributed by atoms with Crippen LogP contribution in [0.5, 0.6) is 5.75 Å². The Morgan fingerprint density at radius 1 is 1.13 bits per heavy atom. The van der Waals surface area contributed by atoms with Crippen molar-refractivity contribution in [3.05, 3.63) is 64.9 Å². The highest BCUT2D eigenvalue weighted by molar-refractivity contribution is 7.99. The number of halogens is 1. The summed E-state index contributed by atoms with van der Waals surface area (Å²) in [4.78, 5) is 28.0. The number of esters is 1. The van der Waals surface area contributed by atoms with Crippen LogP contribution < -0.4 is 10.1 Å². The standard InChI is InChI=1S/C20H19ClN4O4S/c1-2-28-19(27)13-3-7-15(8-4-13)22-18(26)12-30-20-23-17(24-25-20)11-29-16-9-5-14(21)6-10-16/h3-10H,2,11-12H2,1H3,(H,22,26)(H,23,24,25). The molecule has 0 aliphatic carbocycles. The zero-order chi connectivity index (χ0) is 21.3. The Hall–Kier alpha value is -3.04. The topological polar surface area (TPSA) is 106 Å². The number of amides is 1. The molecule has 2 N–H and O–H groups in total. The third kappa shape index (κ3) is 6.50. The molecule has 3 rings (SSSR count). The first-order valence-corrected chi connectivity index (χ1v) is 10.4. The van der Waals surface area contributed by atoms with Gasteiger partial charge in [-0.15, -0.1) is 5.10 Å². The number of hydrogen-bond acceptors (Lipinski definition) is 7. The third-order valence-electron chi connectivity index (χ3n) is 3.71. The molecule has 1 amide bonds. The van der Waals surface area contributed by atoms with Crippen LogP contribution in [0.25, 0.3) is 0 Å². The van der Waals surface area contributed by atoms with Crippen LogP contribution in [-0.2, 0) is 16.1 Å². The lowest BCUT2D eigenvalue weighted by Crippen LogP contribution is -2.14. The summed E-state index contributed by atoms with van der Waals surface area (Å²) in [5.41, 5.74) is 1.01. The second kappa shape index (κ2) is 10.7. The molecule has 0 bridgehead atoms. The van der Waals surface area contributed by atoms with Crippen LogP contribution in [0.2, 0.25) is 5.02 Å². The average molecular weight is 447 g/mol. The average Bonchev–Trinajstić information content (AvgIpc) is 3.20. The maximum atomic E-state index is 12.1. The Labute approximate surface area is 182 Å². The van der Waals surface area contributed by atoms with Crippen molar-refractivity contribution in [2.24, 2.45) is 0 Å². The third-order valence-corrected chi connectivity index (χ3v) is 4.81. The Kier molecular flexibility index (Phi) is 7.69. The number of aromatic amines is 1. The summed E-state index contributed by atoms with van der Waals surface area (Å²) in [5.74, 6) is 0.731. The van der Waals surface area contributed by atoms with E-state index < -0.39 is 5.97 Å². The van der Waals surface area contributed by atoms with E-state index in [4.69, 9.17) is 21.1 Å². The summed E-state index contributed by atoms with van der Waals surface area (Å²) < 4.78 is 10.5. The summed E-state index contributed by atoms with van der Waals surface area (Å²) >= 11 is 7.03. The zero-order valence-corrected chi connectivity index (χ0v) is 17.6. The Morgan fingerprint density at radius 3 is 2.57 bits per heavy atom. The summed E-state index contributed by atoms with van der Waals surface area (Å²) in [6.45, 7) is 2.27. The fraction of sp³-hybridized carbons (Fsp3) is 0.200. The van der Waals surface area contributed by atoms with Gasteiger partial charge in [-0.1, -0.05) is 23.4 Å². The number of anilines is 1. The molecule has 0 saturated carbocycles. The first-order chi connectivity index (χ1) is 14.5. The quantitative estimate of drug-likeness (QED) is 0.378. The molecule has 0 fully saturated rings. The van der Waals surface area contributed by atoms with E-state index >= 15 is 0 Å². The molecule has 2 aromatic carbocycles. The number of aromatic nitrogens is 3. The van der Waals surface area contributed by atoms with Gasteiger partial charge in [-0.05, 0) is 55.5 Å². The number of benzene rings is 2. The molecule has 0 radical (unpaired) electrons. The maximum Gasteiger partial charge on any atom is 0.338 e. The highest BCUT2D eigenvalue weighted by Gasteiger charge is 2.10. The van der Waals surface area contributed by atoms with Crippen molar-refractivity contribution in [1.29, 1.82) is 0 Å². The number of hydrogen-bond donors (Lipinski definition) is 2. The Morgan fingerprint density at radius 2 is 1.87 bits per heavy atom. The summed E-state index contributed by atoms with van der Waals surface area (Å²) in [6.07, 6.45) is 0. The molecule has 156 valence electrons. The number of nitrogens with one attached hydrogen (secondary N) is 2.